The van der Waals surface area contributed by atoms with E-state index in [1.807, 2.05) is 67.6 Å². The molecule has 0 radical (unpaired) electrons. The largest absolute Gasteiger partial charge is 0.477 e. The van der Waals surface area contributed by atoms with Crippen molar-refractivity contribution >= 4 is 27.5 Å². The van der Waals surface area contributed by atoms with Gasteiger partial charge in [-0.25, -0.2) is 8.42 Å². The topological polar surface area (TPSA) is 96.0 Å². The van der Waals surface area contributed by atoms with Gasteiger partial charge in [0.25, 0.3) is 5.91 Å². The third-order valence-corrected chi connectivity index (χ3v) is 8.90. The zero-order valence-corrected chi connectivity index (χ0v) is 24.2. The summed E-state index contributed by atoms with van der Waals surface area (Å²) in [5, 5.41) is 2.91. The standard InChI is InChI=1S/C33H33N3O5S/c1-25-16-18-28(19-17-25)42(39,40)35(22-27-12-6-3-7-13-27)24-32(37)36-23-31(41-30-15-9-8-14-29(30)36)33(38)34-21-20-26-10-4-2-5-11-26/h2-19,31H,20-24H2,1H3,(H,34,38)/t31-/m1/s1. The Morgan fingerprint density at radius 1 is 0.857 bits per heavy atom. The molecule has 1 atom stereocenters. The first-order valence-electron chi connectivity index (χ1n) is 13.8. The number of aryl methyl sites for hydroxylation is 1. The average Bonchev–Trinajstić information content (AvgIpc) is 3.01. The molecule has 216 valence electrons. The second kappa shape index (κ2) is 13.0. The number of para-hydroxylation sites is 2. The summed E-state index contributed by atoms with van der Waals surface area (Å²) in [6.45, 7) is 1.85. The van der Waals surface area contributed by atoms with Gasteiger partial charge in [0.2, 0.25) is 15.9 Å². The van der Waals surface area contributed by atoms with Crippen molar-refractivity contribution in [3.05, 3.63) is 126 Å². The lowest BCUT2D eigenvalue weighted by Crippen LogP contribution is -2.53. The summed E-state index contributed by atoms with van der Waals surface area (Å²) in [7, 11) is -4.02. The average molecular weight is 584 g/mol. The lowest BCUT2D eigenvalue weighted by Gasteiger charge is -2.35. The van der Waals surface area contributed by atoms with Crippen LogP contribution < -0.4 is 15.0 Å². The number of nitrogens with zero attached hydrogens (tertiary/aromatic N) is 2. The molecule has 4 aromatic rings. The molecule has 9 heteroatoms. The Morgan fingerprint density at radius 2 is 1.48 bits per heavy atom. The van der Waals surface area contributed by atoms with E-state index in [0.717, 1.165) is 16.7 Å². The molecule has 1 heterocycles. The van der Waals surface area contributed by atoms with Crippen molar-refractivity contribution in [3.8, 4) is 5.75 Å². The number of fused-ring (bicyclic) bond motifs is 1. The Bertz CT molecular complexity index is 1630. The molecule has 0 unspecified atom stereocenters. The summed E-state index contributed by atoms with van der Waals surface area (Å²) < 4.78 is 34.7. The first-order chi connectivity index (χ1) is 20.3. The van der Waals surface area contributed by atoms with Crippen LogP contribution in [0.25, 0.3) is 0 Å². The Kier molecular flexibility index (Phi) is 9.00. The van der Waals surface area contributed by atoms with E-state index in [9.17, 15) is 18.0 Å². The van der Waals surface area contributed by atoms with E-state index in [2.05, 4.69) is 5.32 Å². The first-order valence-corrected chi connectivity index (χ1v) is 15.2. The number of anilines is 1. The van der Waals surface area contributed by atoms with E-state index in [0.29, 0.717) is 24.4 Å². The first kappa shape index (κ1) is 29.0. The Balaban J connectivity index is 1.36. The van der Waals surface area contributed by atoms with Gasteiger partial charge >= 0.3 is 0 Å². The predicted molar refractivity (Wildman–Crippen MR) is 162 cm³/mol. The molecular formula is C33H33N3O5S. The maximum Gasteiger partial charge on any atom is 0.262 e. The molecule has 42 heavy (non-hydrogen) atoms. The van der Waals surface area contributed by atoms with Crippen LogP contribution in [0, 0.1) is 6.92 Å². The smallest absolute Gasteiger partial charge is 0.262 e. The minimum absolute atomic E-state index is 0.0121. The highest BCUT2D eigenvalue weighted by molar-refractivity contribution is 7.89. The van der Waals surface area contributed by atoms with Gasteiger partial charge in [-0.05, 0) is 48.7 Å². The number of sulfonamides is 1. The van der Waals surface area contributed by atoms with Gasteiger partial charge in [0.15, 0.2) is 6.10 Å². The Labute approximate surface area is 246 Å². The van der Waals surface area contributed by atoms with Crippen LogP contribution in [0.4, 0.5) is 5.69 Å². The van der Waals surface area contributed by atoms with E-state index in [1.165, 1.54) is 9.21 Å². The Hall–Kier alpha value is -4.47. The zero-order valence-electron chi connectivity index (χ0n) is 23.3. The van der Waals surface area contributed by atoms with Crippen molar-refractivity contribution in [2.24, 2.45) is 0 Å². The number of nitrogens with one attached hydrogen (secondary N) is 1. The van der Waals surface area contributed by atoms with E-state index in [1.54, 1.807) is 48.5 Å². The van der Waals surface area contributed by atoms with Crippen LogP contribution in [0.15, 0.2) is 114 Å². The second-order valence-electron chi connectivity index (χ2n) is 10.2. The van der Waals surface area contributed by atoms with Crippen LogP contribution >= 0.6 is 0 Å². The molecule has 0 spiro atoms. The minimum atomic E-state index is -4.02. The molecule has 0 aromatic heterocycles. The number of rotatable bonds is 10. The van der Waals surface area contributed by atoms with Crippen LogP contribution in [0.5, 0.6) is 5.75 Å². The normalized spacial score (nSPS) is 14.6. The van der Waals surface area contributed by atoms with Gasteiger partial charge in [0.05, 0.1) is 23.7 Å². The highest BCUT2D eigenvalue weighted by Gasteiger charge is 2.36. The molecule has 8 nitrogen and oxygen atoms in total. The summed E-state index contributed by atoms with van der Waals surface area (Å²) in [5.74, 6) is -0.414. The third kappa shape index (κ3) is 6.87. The van der Waals surface area contributed by atoms with E-state index in [-0.39, 0.29) is 23.9 Å². The highest BCUT2D eigenvalue weighted by Crippen LogP contribution is 2.33. The third-order valence-electron chi connectivity index (χ3n) is 7.10. The number of carbonyl (C=O) groups excluding carboxylic acids is 2. The molecule has 0 aliphatic carbocycles. The SMILES string of the molecule is Cc1ccc(S(=O)(=O)N(CC(=O)N2C[C@H](C(=O)NCCc3ccccc3)Oc3ccccc32)Cc2ccccc2)cc1. The molecule has 5 rings (SSSR count). The fourth-order valence-corrected chi connectivity index (χ4v) is 6.18. The number of carbonyl (C=O) groups is 2. The number of hydrogen-bond acceptors (Lipinski definition) is 5. The number of hydrogen-bond donors (Lipinski definition) is 1. The highest BCUT2D eigenvalue weighted by atomic mass is 32.2. The second-order valence-corrected chi connectivity index (χ2v) is 12.1. The van der Waals surface area contributed by atoms with Gasteiger partial charge in [0, 0.05) is 13.1 Å². The van der Waals surface area contributed by atoms with Crippen LogP contribution in [-0.2, 0) is 32.6 Å². The van der Waals surface area contributed by atoms with Crippen LogP contribution in [0.1, 0.15) is 16.7 Å². The predicted octanol–water partition coefficient (Wildman–Crippen LogP) is 4.34. The lowest BCUT2D eigenvalue weighted by atomic mass is 10.1. The number of amides is 2. The van der Waals surface area contributed by atoms with Crippen LogP contribution in [-0.4, -0.2) is 50.3 Å². The van der Waals surface area contributed by atoms with Gasteiger partial charge < -0.3 is 15.0 Å². The van der Waals surface area contributed by atoms with Crippen molar-refractivity contribution in [2.75, 3.05) is 24.5 Å². The fourth-order valence-electron chi connectivity index (χ4n) is 4.80. The lowest BCUT2D eigenvalue weighted by molar-refractivity contribution is -0.128. The number of benzene rings is 4. The van der Waals surface area contributed by atoms with E-state index >= 15 is 0 Å². The van der Waals surface area contributed by atoms with E-state index in [4.69, 9.17) is 4.74 Å². The van der Waals surface area contributed by atoms with Gasteiger partial charge in [0.1, 0.15) is 5.75 Å². The van der Waals surface area contributed by atoms with Crippen molar-refractivity contribution in [3.63, 3.8) is 0 Å². The fraction of sp³-hybridized carbons (Fsp3) is 0.212. The quantitative estimate of drug-likeness (QED) is 0.300. The number of ether oxygens (including phenoxy) is 1. The van der Waals surface area contributed by atoms with Gasteiger partial charge in [-0.1, -0.05) is 90.5 Å². The molecule has 0 saturated carbocycles. The van der Waals surface area contributed by atoms with Crippen molar-refractivity contribution in [1.29, 1.82) is 0 Å². The molecule has 2 amide bonds. The van der Waals surface area contributed by atoms with Crippen molar-refractivity contribution in [2.45, 2.75) is 30.9 Å². The summed E-state index contributed by atoms with van der Waals surface area (Å²) in [6, 6.07) is 32.5. The molecule has 1 aliphatic heterocycles. The van der Waals surface area contributed by atoms with Crippen LogP contribution in [0.3, 0.4) is 0 Å². The molecule has 1 N–H and O–H groups in total. The molecule has 1 aliphatic rings. The maximum atomic E-state index is 13.9. The van der Waals surface area contributed by atoms with Crippen molar-refractivity contribution < 1.29 is 22.7 Å². The van der Waals surface area contributed by atoms with Gasteiger partial charge in [-0.15, -0.1) is 0 Å². The minimum Gasteiger partial charge on any atom is -0.477 e. The van der Waals surface area contributed by atoms with Gasteiger partial charge in [-0.3, -0.25) is 9.59 Å². The maximum absolute atomic E-state index is 13.9. The van der Waals surface area contributed by atoms with Crippen molar-refractivity contribution in [1.82, 2.24) is 9.62 Å². The molecule has 0 saturated heterocycles. The van der Waals surface area contributed by atoms with Crippen LogP contribution in [0.2, 0.25) is 0 Å². The molecule has 4 aromatic carbocycles. The summed E-state index contributed by atoms with van der Waals surface area (Å²) in [5.41, 5.74) is 3.26. The summed E-state index contributed by atoms with van der Waals surface area (Å²) in [6.07, 6.45) is -0.292. The summed E-state index contributed by atoms with van der Waals surface area (Å²) >= 11 is 0. The Morgan fingerprint density at radius 3 is 2.17 bits per heavy atom. The molecular weight excluding hydrogens is 550 g/mol. The van der Waals surface area contributed by atoms with E-state index < -0.39 is 28.6 Å². The molecule has 0 fully saturated rings. The summed E-state index contributed by atoms with van der Waals surface area (Å²) in [4.78, 5) is 28.6. The molecule has 0 bridgehead atoms. The monoisotopic (exact) mass is 583 g/mol. The zero-order chi connectivity index (χ0) is 29.5. The van der Waals surface area contributed by atoms with Gasteiger partial charge in [-0.2, -0.15) is 4.31 Å².